The smallest absolute Gasteiger partial charge is 0.550 e. The molecule has 0 N–H and O–H groups in total. The Bertz CT molecular complexity index is 172. The van der Waals surface area contributed by atoms with E-state index in [0.717, 1.165) is 18.8 Å². The van der Waals surface area contributed by atoms with E-state index in [2.05, 4.69) is 13.8 Å². The van der Waals surface area contributed by atoms with Gasteiger partial charge >= 0.3 is 51.4 Å². The summed E-state index contributed by atoms with van der Waals surface area (Å²) in [5.74, 6) is -0.0309. The van der Waals surface area contributed by atoms with E-state index in [-0.39, 0.29) is 57.8 Å². The van der Waals surface area contributed by atoms with Crippen LogP contribution in [0.1, 0.15) is 78.1 Å². The first-order chi connectivity index (χ1) is 7.66. The quantitative estimate of drug-likeness (QED) is 0.398. The summed E-state index contributed by atoms with van der Waals surface area (Å²) in [4.78, 5) is 10.2. The molecule has 0 aromatic rings. The molecule has 0 aliphatic carbocycles. The number of carboxylic acids is 1. The van der Waals surface area contributed by atoms with Gasteiger partial charge in [0, 0.05) is 5.97 Å². The fourth-order valence-electron chi connectivity index (χ4n) is 1.85. The van der Waals surface area contributed by atoms with Crippen LogP contribution in [0.3, 0.4) is 0 Å². The Morgan fingerprint density at radius 1 is 1.00 bits per heavy atom. The largest absolute Gasteiger partial charge is 1.00 e. The summed E-state index contributed by atoms with van der Waals surface area (Å²) in [5, 5.41) is 10.2. The summed E-state index contributed by atoms with van der Waals surface area (Å²) in [5.41, 5.74) is 0. The molecule has 17 heavy (non-hydrogen) atoms. The fraction of sp³-hybridized carbons (Fsp3) is 0.929. The van der Waals surface area contributed by atoms with Crippen molar-refractivity contribution in [1.29, 1.82) is 0 Å². The van der Waals surface area contributed by atoms with Crippen LogP contribution in [0.25, 0.3) is 0 Å². The van der Waals surface area contributed by atoms with Crippen LogP contribution >= 0.6 is 0 Å². The van der Waals surface area contributed by atoms with Gasteiger partial charge in [0.2, 0.25) is 0 Å². The minimum absolute atomic E-state index is 0. The second-order valence-corrected chi connectivity index (χ2v) is 4.90. The van der Waals surface area contributed by atoms with E-state index in [1.165, 1.54) is 44.9 Å². The number of rotatable bonds is 11. The van der Waals surface area contributed by atoms with E-state index in [1.807, 2.05) is 0 Å². The number of carboxylic acid groups (broad SMARTS) is 1. The molecular formula is C14H27KO2. The number of aliphatic carboxylic acids is 1. The van der Waals surface area contributed by atoms with Crippen molar-refractivity contribution in [3.05, 3.63) is 0 Å². The van der Waals surface area contributed by atoms with Crippen molar-refractivity contribution in [2.45, 2.75) is 78.1 Å². The first-order valence-electron chi connectivity index (χ1n) is 6.86. The molecule has 0 aliphatic rings. The molecule has 0 spiro atoms. The van der Waals surface area contributed by atoms with Crippen molar-refractivity contribution in [1.82, 2.24) is 0 Å². The molecule has 0 saturated heterocycles. The molecule has 0 bridgehead atoms. The Morgan fingerprint density at radius 3 is 1.94 bits per heavy atom. The molecule has 0 heterocycles. The molecule has 0 amide bonds. The van der Waals surface area contributed by atoms with E-state index in [4.69, 9.17) is 0 Å². The van der Waals surface area contributed by atoms with Gasteiger partial charge in [0.05, 0.1) is 0 Å². The first kappa shape index (κ1) is 20.4. The van der Waals surface area contributed by atoms with Crippen molar-refractivity contribution >= 4 is 5.97 Å². The van der Waals surface area contributed by atoms with Gasteiger partial charge < -0.3 is 9.90 Å². The molecule has 1 atom stereocenters. The second-order valence-electron chi connectivity index (χ2n) is 4.90. The third-order valence-corrected chi connectivity index (χ3v) is 3.27. The van der Waals surface area contributed by atoms with Gasteiger partial charge in [-0.2, -0.15) is 0 Å². The van der Waals surface area contributed by atoms with Gasteiger partial charge in [0.15, 0.2) is 0 Å². The Labute approximate surface area is 149 Å². The van der Waals surface area contributed by atoms with Gasteiger partial charge in [0.25, 0.3) is 0 Å². The zero-order chi connectivity index (χ0) is 12.2. The summed E-state index contributed by atoms with van der Waals surface area (Å²) in [6.45, 7) is 4.57. The van der Waals surface area contributed by atoms with E-state index in [0.29, 0.717) is 0 Å². The van der Waals surface area contributed by atoms with Gasteiger partial charge in [-0.15, -0.1) is 0 Å². The van der Waals surface area contributed by atoms with Crippen molar-refractivity contribution in [2.75, 3.05) is 0 Å². The average molecular weight is 266 g/mol. The summed E-state index contributed by atoms with van der Waals surface area (Å²) < 4.78 is 0. The van der Waals surface area contributed by atoms with E-state index in [9.17, 15) is 9.90 Å². The van der Waals surface area contributed by atoms with Crippen LogP contribution < -0.4 is 56.5 Å². The van der Waals surface area contributed by atoms with Crippen LogP contribution in [0.15, 0.2) is 0 Å². The first-order valence-corrected chi connectivity index (χ1v) is 6.86. The molecule has 3 heteroatoms. The third-order valence-electron chi connectivity index (χ3n) is 3.27. The number of unbranched alkanes of at least 4 members (excludes halogenated alkanes) is 6. The molecule has 1 unspecified atom stereocenters. The zero-order valence-corrected chi connectivity index (χ0v) is 15.1. The third kappa shape index (κ3) is 17.1. The standard InChI is InChI=1S/C14H28O2.K/c1-3-13(2)11-9-7-5-4-6-8-10-12-14(15)16;/h13H,3-12H2,1-2H3,(H,15,16);/q;+1/p-1. The molecule has 0 aromatic heterocycles. The molecule has 0 radical (unpaired) electrons. The Morgan fingerprint density at radius 2 is 1.47 bits per heavy atom. The number of hydrogen-bond donors (Lipinski definition) is 0. The summed E-state index contributed by atoms with van der Waals surface area (Å²) >= 11 is 0. The van der Waals surface area contributed by atoms with Crippen molar-refractivity contribution in [2.24, 2.45) is 5.92 Å². The zero-order valence-electron chi connectivity index (χ0n) is 12.0. The van der Waals surface area contributed by atoms with Crippen LogP contribution in [0.5, 0.6) is 0 Å². The molecular weight excluding hydrogens is 239 g/mol. The minimum Gasteiger partial charge on any atom is -0.550 e. The van der Waals surface area contributed by atoms with Crippen molar-refractivity contribution in [3.63, 3.8) is 0 Å². The van der Waals surface area contributed by atoms with Crippen molar-refractivity contribution in [3.8, 4) is 0 Å². The SMILES string of the molecule is CCC(C)CCCCCCCCCC(=O)[O-].[K+]. The maximum Gasteiger partial charge on any atom is 1.00 e. The maximum absolute atomic E-state index is 10.2. The number of hydrogen-bond acceptors (Lipinski definition) is 2. The van der Waals surface area contributed by atoms with Gasteiger partial charge in [-0.05, 0) is 18.8 Å². The summed E-state index contributed by atoms with van der Waals surface area (Å²) in [6, 6.07) is 0. The van der Waals surface area contributed by atoms with Crippen molar-refractivity contribution < 1.29 is 61.3 Å². The Kier molecular flexibility index (Phi) is 18.2. The van der Waals surface area contributed by atoms with Crippen LogP contribution in [-0.2, 0) is 4.79 Å². The van der Waals surface area contributed by atoms with Crippen LogP contribution in [-0.4, -0.2) is 5.97 Å². The Hall–Kier alpha value is 1.11. The number of carbonyl (C=O) groups is 1. The predicted octanol–water partition coefficient (Wildman–Crippen LogP) is 0.297. The molecule has 0 aliphatic heterocycles. The van der Waals surface area contributed by atoms with Gasteiger partial charge in [-0.25, -0.2) is 0 Å². The fourth-order valence-corrected chi connectivity index (χ4v) is 1.85. The van der Waals surface area contributed by atoms with Crippen LogP contribution in [0.4, 0.5) is 0 Å². The summed E-state index contributed by atoms with van der Waals surface area (Å²) in [6.07, 6.45) is 11.2. The van der Waals surface area contributed by atoms with E-state index >= 15 is 0 Å². The average Bonchev–Trinajstić information content (AvgIpc) is 2.26. The van der Waals surface area contributed by atoms with Gasteiger partial charge in [0.1, 0.15) is 0 Å². The molecule has 2 nitrogen and oxygen atoms in total. The molecule has 0 aromatic carbocycles. The van der Waals surface area contributed by atoms with E-state index in [1.54, 1.807) is 0 Å². The van der Waals surface area contributed by atoms with Gasteiger partial charge in [-0.3, -0.25) is 0 Å². The van der Waals surface area contributed by atoms with Crippen LogP contribution in [0, 0.1) is 5.92 Å². The predicted molar refractivity (Wildman–Crippen MR) is 66.0 cm³/mol. The molecule has 0 saturated carbocycles. The normalized spacial score (nSPS) is 11.9. The second kappa shape index (κ2) is 15.2. The monoisotopic (exact) mass is 266 g/mol. The molecule has 0 fully saturated rings. The summed E-state index contributed by atoms with van der Waals surface area (Å²) in [7, 11) is 0. The number of carbonyl (C=O) groups excluding carboxylic acids is 1. The Balaban J connectivity index is 0. The minimum atomic E-state index is -0.909. The molecule has 0 rings (SSSR count). The maximum atomic E-state index is 10.2. The molecule has 96 valence electrons. The van der Waals surface area contributed by atoms with Gasteiger partial charge in [-0.1, -0.05) is 65.2 Å². The van der Waals surface area contributed by atoms with Crippen LogP contribution in [0.2, 0.25) is 0 Å². The topological polar surface area (TPSA) is 40.1 Å². The van der Waals surface area contributed by atoms with E-state index < -0.39 is 5.97 Å².